The van der Waals surface area contributed by atoms with Gasteiger partial charge in [-0.25, -0.2) is 9.97 Å². The second-order valence-electron chi connectivity index (χ2n) is 4.16. The third-order valence-electron chi connectivity index (χ3n) is 2.34. The van der Waals surface area contributed by atoms with Crippen LogP contribution in [0.2, 0.25) is 0 Å². The Hall–Kier alpha value is -2.11. The van der Waals surface area contributed by atoms with E-state index >= 15 is 0 Å². The Kier molecular flexibility index (Phi) is 3.42. The first-order valence-electron chi connectivity index (χ1n) is 5.50. The standard InChI is InChI=1S/C13H11F3N2O/c1-8-3-9(2)5-10(4-8)19-12-7-17-11(6-18-12)13(14,15)16/h3-7H,1-2H3. The van der Waals surface area contributed by atoms with Crippen LogP contribution in [0, 0.1) is 13.8 Å². The van der Waals surface area contributed by atoms with Gasteiger partial charge in [0, 0.05) is 0 Å². The summed E-state index contributed by atoms with van der Waals surface area (Å²) in [6, 6.07) is 5.50. The van der Waals surface area contributed by atoms with Crippen molar-refractivity contribution in [1.82, 2.24) is 9.97 Å². The van der Waals surface area contributed by atoms with Crippen LogP contribution in [0.1, 0.15) is 16.8 Å². The van der Waals surface area contributed by atoms with Gasteiger partial charge in [-0.1, -0.05) is 6.07 Å². The molecule has 0 spiro atoms. The maximum absolute atomic E-state index is 12.3. The summed E-state index contributed by atoms with van der Waals surface area (Å²) >= 11 is 0. The monoisotopic (exact) mass is 268 g/mol. The molecule has 0 aliphatic rings. The highest BCUT2D eigenvalue weighted by Gasteiger charge is 2.32. The van der Waals surface area contributed by atoms with E-state index in [1.54, 1.807) is 12.1 Å². The van der Waals surface area contributed by atoms with Crippen molar-refractivity contribution in [3.05, 3.63) is 47.4 Å². The number of benzene rings is 1. The molecule has 0 radical (unpaired) electrons. The molecule has 6 heteroatoms. The van der Waals surface area contributed by atoms with E-state index < -0.39 is 11.9 Å². The SMILES string of the molecule is Cc1cc(C)cc(Oc2cnc(C(F)(F)F)cn2)c1. The van der Waals surface area contributed by atoms with E-state index in [-0.39, 0.29) is 5.88 Å². The van der Waals surface area contributed by atoms with Crippen molar-refractivity contribution in [3.8, 4) is 11.6 Å². The molecule has 19 heavy (non-hydrogen) atoms. The molecule has 2 rings (SSSR count). The molecule has 0 saturated carbocycles. The molecule has 100 valence electrons. The molecule has 0 atom stereocenters. The Morgan fingerprint density at radius 3 is 2.05 bits per heavy atom. The normalized spacial score (nSPS) is 11.4. The highest BCUT2D eigenvalue weighted by Crippen LogP contribution is 2.28. The molecule has 1 aromatic heterocycles. The van der Waals surface area contributed by atoms with Gasteiger partial charge in [0.1, 0.15) is 5.75 Å². The number of hydrogen-bond acceptors (Lipinski definition) is 3. The van der Waals surface area contributed by atoms with Gasteiger partial charge >= 0.3 is 6.18 Å². The molecule has 1 aromatic carbocycles. The number of halogens is 3. The van der Waals surface area contributed by atoms with Crippen LogP contribution in [0.15, 0.2) is 30.6 Å². The van der Waals surface area contributed by atoms with Gasteiger partial charge in [0.15, 0.2) is 5.69 Å². The van der Waals surface area contributed by atoms with Crippen LogP contribution in [-0.4, -0.2) is 9.97 Å². The predicted octanol–water partition coefficient (Wildman–Crippen LogP) is 3.90. The van der Waals surface area contributed by atoms with Crippen molar-refractivity contribution in [2.75, 3.05) is 0 Å². The highest BCUT2D eigenvalue weighted by molar-refractivity contribution is 5.35. The molecular formula is C13H11F3N2O. The molecule has 0 amide bonds. The summed E-state index contributed by atoms with van der Waals surface area (Å²) in [4.78, 5) is 6.87. The molecule has 0 N–H and O–H groups in total. The quantitative estimate of drug-likeness (QED) is 0.828. The van der Waals surface area contributed by atoms with E-state index in [9.17, 15) is 13.2 Å². The molecule has 0 aliphatic heterocycles. The van der Waals surface area contributed by atoms with Crippen LogP contribution in [0.4, 0.5) is 13.2 Å². The fraction of sp³-hybridized carbons (Fsp3) is 0.231. The minimum atomic E-state index is -4.49. The summed E-state index contributed by atoms with van der Waals surface area (Å²) in [7, 11) is 0. The number of nitrogens with zero attached hydrogens (tertiary/aromatic N) is 2. The number of aryl methyl sites for hydroxylation is 2. The lowest BCUT2D eigenvalue weighted by Crippen LogP contribution is -2.08. The van der Waals surface area contributed by atoms with E-state index in [0.717, 1.165) is 17.3 Å². The largest absolute Gasteiger partial charge is 0.437 e. The Bertz CT molecular complexity index is 559. The zero-order chi connectivity index (χ0) is 14.0. The number of aromatic nitrogens is 2. The number of hydrogen-bond donors (Lipinski definition) is 0. The Morgan fingerprint density at radius 2 is 1.58 bits per heavy atom. The summed E-state index contributed by atoms with van der Waals surface area (Å²) in [5, 5.41) is 0. The fourth-order valence-corrected chi connectivity index (χ4v) is 1.63. The van der Waals surface area contributed by atoms with Crippen molar-refractivity contribution in [2.24, 2.45) is 0 Å². The molecular weight excluding hydrogens is 257 g/mol. The zero-order valence-corrected chi connectivity index (χ0v) is 10.3. The second-order valence-corrected chi connectivity index (χ2v) is 4.16. The smallest absolute Gasteiger partial charge is 0.434 e. The predicted molar refractivity (Wildman–Crippen MR) is 63.0 cm³/mol. The summed E-state index contributed by atoms with van der Waals surface area (Å²) in [5.41, 5.74) is 0.949. The van der Waals surface area contributed by atoms with Crippen molar-refractivity contribution in [2.45, 2.75) is 20.0 Å². The van der Waals surface area contributed by atoms with Crippen LogP contribution in [0.25, 0.3) is 0 Å². The highest BCUT2D eigenvalue weighted by atomic mass is 19.4. The Balaban J connectivity index is 2.20. The van der Waals surface area contributed by atoms with Crippen molar-refractivity contribution in [1.29, 1.82) is 0 Å². The third kappa shape index (κ3) is 3.43. The Labute approximate surface area is 108 Å². The lowest BCUT2D eigenvalue weighted by Gasteiger charge is -2.08. The summed E-state index contributed by atoms with van der Waals surface area (Å²) in [6.07, 6.45) is -2.88. The lowest BCUT2D eigenvalue weighted by atomic mass is 10.1. The van der Waals surface area contributed by atoms with Crippen LogP contribution in [0.3, 0.4) is 0 Å². The minimum absolute atomic E-state index is 0.0259. The molecule has 1 heterocycles. The van der Waals surface area contributed by atoms with Crippen LogP contribution in [-0.2, 0) is 6.18 Å². The van der Waals surface area contributed by atoms with Gasteiger partial charge in [-0.15, -0.1) is 0 Å². The van der Waals surface area contributed by atoms with Gasteiger partial charge in [0.2, 0.25) is 5.88 Å². The molecule has 2 aromatic rings. The third-order valence-corrected chi connectivity index (χ3v) is 2.34. The van der Waals surface area contributed by atoms with Crippen LogP contribution in [0.5, 0.6) is 11.6 Å². The molecule has 0 fully saturated rings. The van der Waals surface area contributed by atoms with Crippen molar-refractivity contribution in [3.63, 3.8) is 0 Å². The first kappa shape index (κ1) is 13.3. The molecule has 0 aliphatic carbocycles. The number of ether oxygens (including phenoxy) is 1. The summed E-state index contributed by atoms with van der Waals surface area (Å²) < 4.78 is 42.3. The molecule has 0 unspecified atom stereocenters. The first-order valence-corrected chi connectivity index (χ1v) is 5.50. The Morgan fingerprint density at radius 1 is 0.947 bits per heavy atom. The fourth-order valence-electron chi connectivity index (χ4n) is 1.63. The van der Waals surface area contributed by atoms with Crippen molar-refractivity contribution < 1.29 is 17.9 Å². The number of alkyl halides is 3. The average molecular weight is 268 g/mol. The van der Waals surface area contributed by atoms with E-state index in [0.29, 0.717) is 11.9 Å². The summed E-state index contributed by atoms with van der Waals surface area (Å²) in [5.74, 6) is 0.546. The van der Waals surface area contributed by atoms with Gasteiger partial charge in [0.05, 0.1) is 12.4 Å². The maximum atomic E-state index is 12.3. The van der Waals surface area contributed by atoms with E-state index in [1.807, 2.05) is 19.9 Å². The topological polar surface area (TPSA) is 35.0 Å². The van der Waals surface area contributed by atoms with E-state index in [4.69, 9.17) is 4.74 Å². The van der Waals surface area contributed by atoms with Crippen LogP contribution < -0.4 is 4.74 Å². The average Bonchev–Trinajstić information content (AvgIpc) is 2.26. The van der Waals surface area contributed by atoms with Gasteiger partial charge in [0.25, 0.3) is 0 Å². The molecule has 0 saturated heterocycles. The minimum Gasteiger partial charge on any atom is -0.437 e. The first-order chi connectivity index (χ1) is 8.84. The van der Waals surface area contributed by atoms with Gasteiger partial charge < -0.3 is 4.74 Å². The maximum Gasteiger partial charge on any atom is 0.434 e. The zero-order valence-electron chi connectivity index (χ0n) is 10.3. The van der Waals surface area contributed by atoms with E-state index in [1.165, 1.54) is 0 Å². The van der Waals surface area contributed by atoms with E-state index in [2.05, 4.69) is 9.97 Å². The van der Waals surface area contributed by atoms with Crippen molar-refractivity contribution >= 4 is 0 Å². The number of rotatable bonds is 2. The summed E-state index contributed by atoms with van der Waals surface area (Å²) in [6.45, 7) is 3.80. The van der Waals surface area contributed by atoms with Gasteiger partial charge in [-0.05, 0) is 37.1 Å². The van der Waals surface area contributed by atoms with Gasteiger partial charge in [-0.2, -0.15) is 13.2 Å². The van der Waals surface area contributed by atoms with Crippen LogP contribution >= 0.6 is 0 Å². The second kappa shape index (κ2) is 4.87. The molecule has 0 bridgehead atoms. The lowest BCUT2D eigenvalue weighted by molar-refractivity contribution is -0.141. The van der Waals surface area contributed by atoms with Gasteiger partial charge in [-0.3, -0.25) is 0 Å². The molecule has 3 nitrogen and oxygen atoms in total.